The van der Waals surface area contributed by atoms with Gasteiger partial charge in [-0.15, -0.1) is 0 Å². The third-order valence-electron chi connectivity index (χ3n) is 12.5. The van der Waals surface area contributed by atoms with Gasteiger partial charge in [-0.1, -0.05) is 159 Å². The fourth-order valence-corrected chi connectivity index (χ4v) is 9.53. The van der Waals surface area contributed by atoms with Gasteiger partial charge in [0.1, 0.15) is 23.5 Å². The quantitative estimate of drug-likeness (QED) is 0.125. The number of para-hydroxylation sites is 1. The first-order valence-corrected chi connectivity index (χ1v) is 20.6. The molecule has 0 amide bonds. The van der Waals surface area contributed by atoms with E-state index in [1.165, 1.54) is 27.8 Å². The van der Waals surface area contributed by atoms with E-state index in [9.17, 15) is 0 Å². The first-order valence-electron chi connectivity index (χ1n) is 20.6. The molecule has 0 bridgehead atoms. The molecule has 3 heterocycles. The van der Waals surface area contributed by atoms with Crippen LogP contribution in [0.4, 0.5) is 0 Å². The van der Waals surface area contributed by atoms with Gasteiger partial charge in [0.25, 0.3) is 0 Å². The van der Waals surface area contributed by atoms with E-state index < -0.39 is 0 Å². The highest BCUT2D eigenvalue weighted by molar-refractivity contribution is 6.28. The molecule has 0 radical (unpaired) electrons. The van der Waals surface area contributed by atoms with Crippen molar-refractivity contribution in [2.75, 3.05) is 0 Å². The van der Waals surface area contributed by atoms with Crippen molar-refractivity contribution in [1.82, 2.24) is 15.1 Å². The number of hydrogen-bond donors (Lipinski definition) is 0. The van der Waals surface area contributed by atoms with E-state index in [0.29, 0.717) is 12.4 Å². The lowest BCUT2D eigenvalue weighted by Crippen LogP contribution is -2.40. The molecule has 5 nitrogen and oxygen atoms in total. The summed E-state index contributed by atoms with van der Waals surface area (Å²) in [6, 6.07) is 64.3. The van der Waals surface area contributed by atoms with E-state index in [-0.39, 0.29) is 5.41 Å². The minimum absolute atomic E-state index is 0.0309. The Bertz CT molecular complexity index is 3470. The zero-order valence-corrected chi connectivity index (χ0v) is 33.2. The highest BCUT2D eigenvalue weighted by atomic mass is 16.3. The van der Waals surface area contributed by atoms with E-state index in [1.807, 2.05) is 24.3 Å². The zero-order chi connectivity index (χ0) is 40.0. The molecule has 0 N–H and O–H groups in total. The molecular weight excluding hydrogens is 733 g/mol. The molecule has 0 fully saturated rings. The molecule has 0 saturated heterocycles. The Kier molecular flexibility index (Phi) is 7.57. The summed E-state index contributed by atoms with van der Waals surface area (Å²) >= 11 is 0. The van der Waals surface area contributed by atoms with Crippen LogP contribution in [0.15, 0.2) is 186 Å². The number of rotatable bonds is 6. The van der Waals surface area contributed by atoms with Crippen LogP contribution in [0.5, 0.6) is 0 Å². The van der Waals surface area contributed by atoms with Gasteiger partial charge < -0.3 is 9.40 Å². The standard InChI is InChI=1S/C55H38N4O/c1-55(2)45-19-11-9-17-40(45)43-31-34(21-28-46(43)55)33-59-54(38-15-7-4-8-16-38)57-53(58-59)37-24-22-35(23-25-37)39-26-29-47-44(32-39)50-42(52(56-47)36-13-5-3-6-14-36)27-30-49-51(50)41-18-10-12-20-48(41)60-49/h3-32H,33H2,1-2H3. The summed E-state index contributed by atoms with van der Waals surface area (Å²) in [5, 5.41) is 10.7. The van der Waals surface area contributed by atoms with Gasteiger partial charge in [0.15, 0.2) is 0 Å². The van der Waals surface area contributed by atoms with E-state index in [2.05, 4.69) is 176 Å². The van der Waals surface area contributed by atoms with Crippen LogP contribution in [0.25, 0.3) is 99.9 Å². The van der Waals surface area contributed by atoms with Crippen molar-refractivity contribution in [3.63, 3.8) is 0 Å². The summed E-state index contributed by atoms with van der Waals surface area (Å²) in [5.74, 6) is 1.54. The SMILES string of the molecule is CC1(C)c2ccccc2-c2cc(C[n+]3[n-]c(-c4ccc(-c5ccc6nc(-c7ccccc7)c7ccc8oc9ccccc9c8c7c6c5)cc4)nc3-c3ccccc3)ccc21. The monoisotopic (exact) mass is 770 g/mol. The largest absolute Gasteiger partial charge is 0.456 e. The Morgan fingerprint density at radius 3 is 2.03 bits per heavy atom. The third-order valence-corrected chi connectivity index (χ3v) is 12.5. The minimum Gasteiger partial charge on any atom is -0.456 e. The summed E-state index contributed by atoms with van der Waals surface area (Å²) in [6.45, 7) is 5.25. The zero-order valence-electron chi connectivity index (χ0n) is 33.2. The van der Waals surface area contributed by atoms with Crippen LogP contribution in [-0.4, -0.2) is 9.97 Å². The smallest absolute Gasteiger partial charge is 0.136 e. The van der Waals surface area contributed by atoms with Crippen molar-refractivity contribution >= 4 is 43.6 Å². The van der Waals surface area contributed by atoms with Crippen LogP contribution in [0.1, 0.15) is 30.5 Å². The molecule has 8 aromatic carbocycles. The first kappa shape index (κ1) is 34.4. The second-order valence-corrected chi connectivity index (χ2v) is 16.4. The first-order chi connectivity index (χ1) is 29.5. The number of benzene rings is 8. The molecule has 1 aliphatic rings. The number of pyridine rings is 1. The lowest BCUT2D eigenvalue weighted by atomic mass is 9.82. The van der Waals surface area contributed by atoms with Crippen LogP contribution in [0.3, 0.4) is 0 Å². The van der Waals surface area contributed by atoms with Crippen LogP contribution in [0.2, 0.25) is 0 Å². The molecule has 0 unspecified atom stereocenters. The summed E-state index contributed by atoms with van der Waals surface area (Å²) in [4.78, 5) is 10.5. The molecule has 1 aliphatic carbocycles. The normalized spacial score (nSPS) is 13.0. The lowest BCUT2D eigenvalue weighted by molar-refractivity contribution is -0.737. The van der Waals surface area contributed by atoms with Gasteiger partial charge >= 0.3 is 0 Å². The predicted octanol–water partition coefficient (Wildman–Crippen LogP) is 12.9. The summed E-state index contributed by atoms with van der Waals surface area (Å²) in [5.41, 5.74) is 15.5. The molecule has 12 rings (SSSR count). The van der Waals surface area contributed by atoms with Gasteiger partial charge in [0.2, 0.25) is 0 Å². The number of hydrogen-bond acceptors (Lipinski definition) is 3. The lowest BCUT2D eigenvalue weighted by Gasteiger charge is -2.21. The highest BCUT2D eigenvalue weighted by Gasteiger charge is 2.35. The number of furan rings is 1. The van der Waals surface area contributed by atoms with Crippen molar-refractivity contribution in [1.29, 1.82) is 0 Å². The van der Waals surface area contributed by atoms with Crippen molar-refractivity contribution in [3.05, 3.63) is 199 Å². The number of nitrogens with zero attached hydrogens (tertiary/aromatic N) is 4. The minimum atomic E-state index is -0.0309. The second-order valence-electron chi connectivity index (χ2n) is 16.4. The van der Waals surface area contributed by atoms with Crippen molar-refractivity contribution < 1.29 is 9.10 Å². The average molecular weight is 771 g/mol. The molecule has 0 atom stereocenters. The molecular formula is C55H38N4O. The molecule has 0 saturated carbocycles. The Morgan fingerprint density at radius 1 is 0.500 bits per heavy atom. The Labute approximate surface area is 347 Å². The molecule has 60 heavy (non-hydrogen) atoms. The van der Waals surface area contributed by atoms with Crippen LogP contribution < -0.4 is 9.78 Å². The van der Waals surface area contributed by atoms with Gasteiger partial charge in [-0.05, 0) is 86.7 Å². The van der Waals surface area contributed by atoms with Crippen molar-refractivity contribution in [2.45, 2.75) is 25.8 Å². The molecule has 11 aromatic rings. The van der Waals surface area contributed by atoms with Crippen LogP contribution >= 0.6 is 0 Å². The Morgan fingerprint density at radius 2 is 1.20 bits per heavy atom. The van der Waals surface area contributed by atoms with Crippen molar-refractivity contribution in [3.8, 4) is 56.3 Å². The number of aromatic nitrogens is 4. The van der Waals surface area contributed by atoms with Crippen LogP contribution in [0, 0.1) is 0 Å². The predicted molar refractivity (Wildman–Crippen MR) is 243 cm³/mol. The highest BCUT2D eigenvalue weighted by Crippen LogP contribution is 2.49. The molecule has 0 spiro atoms. The van der Waals surface area contributed by atoms with Crippen LogP contribution in [-0.2, 0) is 12.0 Å². The molecule has 3 aromatic heterocycles. The van der Waals surface area contributed by atoms with Gasteiger partial charge in [-0.25, -0.2) is 4.98 Å². The van der Waals surface area contributed by atoms with Crippen molar-refractivity contribution in [2.24, 2.45) is 0 Å². The van der Waals surface area contributed by atoms with Gasteiger partial charge in [0, 0.05) is 43.5 Å². The third kappa shape index (κ3) is 5.36. The second kappa shape index (κ2) is 13.2. The summed E-state index contributed by atoms with van der Waals surface area (Å²) in [6.07, 6.45) is 0. The van der Waals surface area contributed by atoms with Gasteiger partial charge in [-0.2, -0.15) is 0 Å². The fraction of sp³-hybridized carbons (Fsp3) is 0.0727. The van der Waals surface area contributed by atoms with E-state index in [1.54, 1.807) is 0 Å². The maximum absolute atomic E-state index is 6.40. The Balaban J connectivity index is 0.943. The van der Waals surface area contributed by atoms with E-state index in [0.717, 1.165) is 82.9 Å². The topological polar surface area (TPSA) is 56.9 Å². The van der Waals surface area contributed by atoms with Gasteiger partial charge in [-0.3, -0.25) is 9.78 Å². The summed E-state index contributed by atoms with van der Waals surface area (Å²) < 4.78 is 8.45. The average Bonchev–Trinajstić information content (AvgIpc) is 3.97. The van der Waals surface area contributed by atoms with E-state index >= 15 is 0 Å². The fourth-order valence-electron chi connectivity index (χ4n) is 9.53. The Hall–Kier alpha value is -7.63. The van der Waals surface area contributed by atoms with E-state index in [4.69, 9.17) is 19.5 Å². The molecule has 5 heteroatoms. The van der Waals surface area contributed by atoms with Gasteiger partial charge in [0.05, 0.1) is 11.2 Å². The maximum Gasteiger partial charge on any atom is 0.136 e. The molecule has 284 valence electrons. The maximum atomic E-state index is 6.40. The summed E-state index contributed by atoms with van der Waals surface area (Å²) in [7, 11) is 0. The number of fused-ring (bicyclic) bond motifs is 10. The molecule has 0 aliphatic heterocycles.